The lowest BCUT2D eigenvalue weighted by molar-refractivity contribution is 0.725. The summed E-state index contributed by atoms with van der Waals surface area (Å²) in [5.41, 5.74) is 9.98. The fourth-order valence-electron chi connectivity index (χ4n) is 2.25. The van der Waals surface area contributed by atoms with Crippen LogP contribution in [-0.2, 0) is 0 Å². The monoisotopic (exact) mass is 252 g/mol. The van der Waals surface area contributed by atoms with Gasteiger partial charge < -0.3 is 5.73 Å². The smallest absolute Gasteiger partial charge is 0.164 e. The first-order chi connectivity index (χ1) is 9.18. The predicted octanol–water partition coefficient (Wildman–Crippen LogP) is 2.75. The number of nitrogens with two attached hydrogens (primary N) is 1. The minimum Gasteiger partial charge on any atom is -0.322 e. The molecule has 0 aliphatic heterocycles. The third-order valence-electron chi connectivity index (χ3n) is 3.20. The molecule has 1 aromatic carbocycles. The van der Waals surface area contributed by atoms with Crippen molar-refractivity contribution < 1.29 is 0 Å². The molecule has 4 nitrogen and oxygen atoms in total. The average molecular weight is 252 g/mol. The van der Waals surface area contributed by atoms with Crippen molar-refractivity contribution in [1.82, 2.24) is 14.5 Å². The molecule has 19 heavy (non-hydrogen) atoms. The summed E-state index contributed by atoms with van der Waals surface area (Å²) in [6, 6.07) is 11.9. The van der Waals surface area contributed by atoms with E-state index in [1.54, 1.807) is 0 Å². The Hall–Kier alpha value is -2.20. The second-order valence-electron chi connectivity index (χ2n) is 4.73. The van der Waals surface area contributed by atoms with E-state index in [2.05, 4.69) is 9.97 Å². The summed E-state index contributed by atoms with van der Waals surface area (Å²) in [6.45, 7) is 3.98. The van der Waals surface area contributed by atoms with E-state index < -0.39 is 0 Å². The molecule has 2 heterocycles. The quantitative estimate of drug-likeness (QED) is 0.763. The zero-order valence-corrected chi connectivity index (χ0v) is 11.0. The van der Waals surface area contributed by atoms with E-state index in [-0.39, 0.29) is 6.04 Å². The standard InChI is InChI=1S/C15H16N4/c1-10-8-9-17-15-13(10)18-14(11(2)16)19(15)12-6-4-3-5-7-12/h3-9,11H,16H2,1-2H3. The maximum absolute atomic E-state index is 6.05. The van der Waals surface area contributed by atoms with Gasteiger partial charge in [-0.2, -0.15) is 0 Å². The zero-order chi connectivity index (χ0) is 13.4. The Bertz CT molecular complexity index is 714. The summed E-state index contributed by atoms with van der Waals surface area (Å²) in [5, 5.41) is 0. The van der Waals surface area contributed by atoms with Crippen LogP contribution in [0.15, 0.2) is 42.6 Å². The molecule has 2 N–H and O–H groups in total. The maximum atomic E-state index is 6.05. The van der Waals surface area contributed by atoms with Gasteiger partial charge in [0.1, 0.15) is 11.3 Å². The lowest BCUT2D eigenvalue weighted by atomic mass is 10.2. The first-order valence-electron chi connectivity index (χ1n) is 6.33. The average Bonchev–Trinajstić information content (AvgIpc) is 2.81. The third-order valence-corrected chi connectivity index (χ3v) is 3.20. The van der Waals surface area contributed by atoms with Gasteiger partial charge in [0.15, 0.2) is 5.65 Å². The molecule has 0 bridgehead atoms. The second kappa shape index (κ2) is 4.48. The van der Waals surface area contributed by atoms with Crippen LogP contribution in [0.25, 0.3) is 16.9 Å². The number of fused-ring (bicyclic) bond motifs is 1. The van der Waals surface area contributed by atoms with Crippen molar-refractivity contribution in [3.05, 3.63) is 54.0 Å². The van der Waals surface area contributed by atoms with Gasteiger partial charge in [0.25, 0.3) is 0 Å². The Morgan fingerprint density at radius 2 is 1.89 bits per heavy atom. The normalized spacial score (nSPS) is 12.8. The van der Waals surface area contributed by atoms with Crippen LogP contribution in [-0.4, -0.2) is 14.5 Å². The highest BCUT2D eigenvalue weighted by molar-refractivity contribution is 5.77. The Balaban J connectivity index is 2.38. The van der Waals surface area contributed by atoms with Crippen LogP contribution in [0, 0.1) is 6.92 Å². The Labute approximate surface area is 111 Å². The van der Waals surface area contributed by atoms with Gasteiger partial charge in [-0.3, -0.25) is 4.57 Å². The topological polar surface area (TPSA) is 56.7 Å². The summed E-state index contributed by atoms with van der Waals surface area (Å²) in [7, 11) is 0. The van der Waals surface area contributed by atoms with Crippen LogP contribution in [0.1, 0.15) is 24.4 Å². The fraction of sp³-hybridized carbons (Fsp3) is 0.200. The van der Waals surface area contributed by atoms with Crippen LogP contribution in [0.3, 0.4) is 0 Å². The number of hydrogen-bond acceptors (Lipinski definition) is 3. The molecule has 1 atom stereocenters. The molecule has 4 heteroatoms. The lowest BCUT2D eigenvalue weighted by Gasteiger charge is -2.10. The van der Waals surface area contributed by atoms with Gasteiger partial charge in [-0.05, 0) is 37.6 Å². The molecule has 0 amide bonds. The van der Waals surface area contributed by atoms with Crippen molar-refractivity contribution in [2.45, 2.75) is 19.9 Å². The molecule has 2 aromatic heterocycles. The minimum absolute atomic E-state index is 0.145. The zero-order valence-electron chi connectivity index (χ0n) is 11.0. The number of pyridine rings is 1. The summed E-state index contributed by atoms with van der Waals surface area (Å²) < 4.78 is 2.03. The number of para-hydroxylation sites is 1. The number of benzene rings is 1. The minimum atomic E-state index is -0.145. The van der Waals surface area contributed by atoms with Crippen LogP contribution in [0.5, 0.6) is 0 Å². The van der Waals surface area contributed by atoms with Crippen molar-refractivity contribution >= 4 is 11.2 Å². The SMILES string of the molecule is Cc1ccnc2c1nc(C(C)N)n2-c1ccccc1. The van der Waals surface area contributed by atoms with Gasteiger partial charge in [0.05, 0.1) is 6.04 Å². The van der Waals surface area contributed by atoms with Gasteiger partial charge in [0.2, 0.25) is 0 Å². The molecular weight excluding hydrogens is 236 g/mol. The number of hydrogen-bond donors (Lipinski definition) is 1. The van der Waals surface area contributed by atoms with Gasteiger partial charge >= 0.3 is 0 Å². The molecule has 0 saturated heterocycles. The lowest BCUT2D eigenvalue weighted by Crippen LogP contribution is -2.12. The van der Waals surface area contributed by atoms with Crippen LogP contribution < -0.4 is 5.73 Å². The molecule has 3 aromatic rings. The number of imidazole rings is 1. The predicted molar refractivity (Wildman–Crippen MR) is 76.2 cm³/mol. The van der Waals surface area contributed by atoms with E-state index >= 15 is 0 Å². The molecule has 0 fully saturated rings. The molecule has 0 spiro atoms. The van der Waals surface area contributed by atoms with Crippen LogP contribution in [0.2, 0.25) is 0 Å². The summed E-state index contributed by atoms with van der Waals surface area (Å²) in [4.78, 5) is 9.13. The van der Waals surface area contributed by atoms with Gasteiger partial charge in [-0.15, -0.1) is 0 Å². The van der Waals surface area contributed by atoms with Gasteiger partial charge in [-0.25, -0.2) is 9.97 Å². The molecule has 96 valence electrons. The molecule has 0 aliphatic rings. The fourth-order valence-corrected chi connectivity index (χ4v) is 2.25. The molecule has 0 aliphatic carbocycles. The van der Waals surface area contributed by atoms with Gasteiger partial charge in [0, 0.05) is 11.9 Å². The van der Waals surface area contributed by atoms with E-state index in [1.165, 1.54) is 0 Å². The first kappa shape index (κ1) is 11.9. The van der Waals surface area contributed by atoms with E-state index in [4.69, 9.17) is 5.73 Å². The molecular formula is C15H16N4. The number of aromatic nitrogens is 3. The Morgan fingerprint density at radius 1 is 1.16 bits per heavy atom. The van der Waals surface area contributed by atoms with E-state index in [1.807, 2.05) is 61.0 Å². The largest absolute Gasteiger partial charge is 0.322 e. The second-order valence-corrected chi connectivity index (χ2v) is 4.73. The summed E-state index contributed by atoms with van der Waals surface area (Å²) >= 11 is 0. The Morgan fingerprint density at radius 3 is 2.58 bits per heavy atom. The van der Waals surface area contributed by atoms with Crippen molar-refractivity contribution in [2.75, 3.05) is 0 Å². The number of aryl methyl sites for hydroxylation is 1. The van der Waals surface area contributed by atoms with Crippen molar-refractivity contribution in [3.8, 4) is 5.69 Å². The van der Waals surface area contributed by atoms with Crippen LogP contribution in [0.4, 0.5) is 0 Å². The molecule has 1 unspecified atom stereocenters. The Kier molecular flexibility index (Phi) is 2.80. The van der Waals surface area contributed by atoms with E-state index in [9.17, 15) is 0 Å². The van der Waals surface area contributed by atoms with E-state index in [0.29, 0.717) is 0 Å². The summed E-state index contributed by atoms with van der Waals surface area (Å²) in [6.07, 6.45) is 1.81. The van der Waals surface area contributed by atoms with Crippen molar-refractivity contribution in [2.24, 2.45) is 5.73 Å². The number of nitrogens with zero attached hydrogens (tertiary/aromatic N) is 3. The van der Waals surface area contributed by atoms with Gasteiger partial charge in [-0.1, -0.05) is 18.2 Å². The molecule has 0 saturated carbocycles. The molecule has 0 radical (unpaired) electrons. The van der Waals surface area contributed by atoms with E-state index in [0.717, 1.165) is 28.2 Å². The summed E-state index contributed by atoms with van der Waals surface area (Å²) in [5.74, 6) is 0.836. The highest BCUT2D eigenvalue weighted by atomic mass is 15.1. The van der Waals surface area contributed by atoms with Crippen molar-refractivity contribution in [3.63, 3.8) is 0 Å². The molecule has 3 rings (SSSR count). The first-order valence-corrected chi connectivity index (χ1v) is 6.33. The van der Waals surface area contributed by atoms with Crippen LogP contribution >= 0.6 is 0 Å². The third kappa shape index (κ3) is 1.90. The highest BCUT2D eigenvalue weighted by Crippen LogP contribution is 2.24. The van der Waals surface area contributed by atoms with Crippen molar-refractivity contribution in [1.29, 1.82) is 0 Å². The maximum Gasteiger partial charge on any atom is 0.164 e. The number of rotatable bonds is 2. The highest BCUT2D eigenvalue weighted by Gasteiger charge is 2.17.